The fourth-order valence-electron chi connectivity index (χ4n) is 4.21. The molecule has 0 bridgehead atoms. The van der Waals surface area contributed by atoms with Gasteiger partial charge in [0.05, 0.1) is 12.0 Å². The highest BCUT2D eigenvalue weighted by atomic mass is 16.3. The van der Waals surface area contributed by atoms with E-state index in [4.69, 9.17) is 4.42 Å². The van der Waals surface area contributed by atoms with Crippen molar-refractivity contribution < 1.29 is 9.21 Å². The number of nitrogens with zero attached hydrogens (tertiary/aromatic N) is 5. The van der Waals surface area contributed by atoms with Gasteiger partial charge < -0.3 is 14.6 Å². The molecular weight excluding hydrogens is 356 g/mol. The van der Waals surface area contributed by atoms with E-state index >= 15 is 0 Å². The lowest BCUT2D eigenvalue weighted by Gasteiger charge is -2.39. The van der Waals surface area contributed by atoms with Gasteiger partial charge in [0.25, 0.3) is 0 Å². The van der Waals surface area contributed by atoms with E-state index in [0.29, 0.717) is 29.2 Å². The molecule has 1 N–H and O–H groups in total. The Bertz CT molecular complexity index is 792. The van der Waals surface area contributed by atoms with Crippen LogP contribution in [0.2, 0.25) is 0 Å². The molecule has 2 saturated heterocycles. The quantitative estimate of drug-likeness (QED) is 0.873. The number of aryl methyl sites for hydroxylation is 1. The first kappa shape index (κ1) is 19.0. The molecule has 28 heavy (non-hydrogen) atoms. The molecular formula is C20H30N6O2. The van der Waals surface area contributed by atoms with E-state index in [2.05, 4.69) is 34.1 Å². The Morgan fingerprint density at radius 2 is 2.04 bits per heavy atom. The Hall–Kier alpha value is -2.32. The Morgan fingerprint density at radius 3 is 2.71 bits per heavy atom. The van der Waals surface area contributed by atoms with Gasteiger partial charge in [0.2, 0.25) is 0 Å². The van der Waals surface area contributed by atoms with E-state index < -0.39 is 0 Å². The van der Waals surface area contributed by atoms with Gasteiger partial charge in [-0.15, -0.1) is 0 Å². The molecule has 0 aromatic carbocycles. The number of anilines is 1. The Kier molecular flexibility index (Phi) is 5.41. The number of urea groups is 1. The molecule has 8 nitrogen and oxygen atoms in total. The van der Waals surface area contributed by atoms with Crippen LogP contribution >= 0.6 is 0 Å². The van der Waals surface area contributed by atoms with Crippen LogP contribution in [0, 0.1) is 0 Å². The van der Waals surface area contributed by atoms with Crippen LogP contribution < -0.4 is 5.32 Å². The summed E-state index contributed by atoms with van der Waals surface area (Å²) in [6.07, 6.45) is 4.46. The van der Waals surface area contributed by atoms with E-state index in [1.807, 2.05) is 30.3 Å². The summed E-state index contributed by atoms with van der Waals surface area (Å²) in [6.45, 7) is 10.5. The molecule has 2 amide bonds. The first-order valence-corrected chi connectivity index (χ1v) is 10.1. The van der Waals surface area contributed by atoms with Crippen molar-refractivity contribution in [2.45, 2.75) is 32.4 Å². The minimum Gasteiger partial charge on any atom is -0.463 e. The number of hydrogen-bond donors (Lipinski definition) is 1. The van der Waals surface area contributed by atoms with E-state index in [9.17, 15) is 4.79 Å². The number of carbonyl (C=O) groups excluding carboxylic acids is 1. The smallest absolute Gasteiger partial charge is 0.322 e. The third-order valence-corrected chi connectivity index (χ3v) is 5.87. The Morgan fingerprint density at radius 1 is 1.25 bits per heavy atom. The summed E-state index contributed by atoms with van der Waals surface area (Å²) in [6, 6.07) is 4.67. The van der Waals surface area contributed by atoms with Gasteiger partial charge in [-0.1, -0.05) is 0 Å². The third-order valence-electron chi connectivity index (χ3n) is 5.87. The molecule has 2 aromatic rings. The number of rotatable bonds is 4. The molecule has 4 rings (SSSR count). The van der Waals surface area contributed by atoms with E-state index in [1.165, 1.54) is 0 Å². The molecule has 0 saturated carbocycles. The first-order chi connectivity index (χ1) is 13.5. The number of aromatic nitrogens is 2. The van der Waals surface area contributed by atoms with Crippen LogP contribution in [0.5, 0.6) is 0 Å². The van der Waals surface area contributed by atoms with Gasteiger partial charge in [-0.05, 0) is 32.4 Å². The zero-order chi connectivity index (χ0) is 19.7. The minimum absolute atomic E-state index is 0.0656. The summed E-state index contributed by atoms with van der Waals surface area (Å²) in [4.78, 5) is 19.8. The van der Waals surface area contributed by atoms with Crippen molar-refractivity contribution in [3.8, 4) is 11.5 Å². The molecule has 2 aliphatic rings. The van der Waals surface area contributed by atoms with Crippen molar-refractivity contribution in [1.29, 1.82) is 0 Å². The average Bonchev–Trinajstić information content (AvgIpc) is 3.42. The largest absolute Gasteiger partial charge is 0.463 e. The van der Waals surface area contributed by atoms with Crippen molar-refractivity contribution >= 4 is 11.7 Å². The van der Waals surface area contributed by atoms with Gasteiger partial charge in [-0.2, -0.15) is 5.10 Å². The van der Waals surface area contributed by atoms with Gasteiger partial charge in [0.1, 0.15) is 0 Å². The molecule has 0 radical (unpaired) electrons. The summed E-state index contributed by atoms with van der Waals surface area (Å²) in [5, 5.41) is 7.44. The predicted octanol–water partition coefficient (Wildman–Crippen LogP) is 2.31. The van der Waals surface area contributed by atoms with Crippen LogP contribution in [0.15, 0.2) is 29.0 Å². The fourth-order valence-corrected chi connectivity index (χ4v) is 4.21. The zero-order valence-corrected chi connectivity index (χ0v) is 17.0. The second-order valence-electron chi connectivity index (χ2n) is 8.03. The molecule has 0 spiro atoms. The maximum atomic E-state index is 12.8. The second kappa shape index (κ2) is 7.97. The molecule has 2 fully saturated rings. The summed E-state index contributed by atoms with van der Waals surface area (Å²) in [5.74, 6) is 0.651. The highest BCUT2D eigenvalue weighted by Gasteiger charge is 2.32. The maximum absolute atomic E-state index is 12.8. The number of hydrogen-bond acceptors (Lipinski definition) is 5. The Balaban J connectivity index is 1.35. The topological polar surface area (TPSA) is 69.8 Å². The third kappa shape index (κ3) is 3.93. The number of furan rings is 1. The van der Waals surface area contributed by atoms with E-state index in [1.54, 1.807) is 10.9 Å². The van der Waals surface area contributed by atoms with E-state index in [-0.39, 0.29) is 6.03 Å². The summed E-state index contributed by atoms with van der Waals surface area (Å²) >= 11 is 0. The lowest BCUT2D eigenvalue weighted by Crippen LogP contribution is -2.52. The summed E-state index contributed by atoms with van der Waals surface area (Å²) < 4.78 is 7.14. The number of piperazine rings is 1. The zero-order valence-electron chi connectivity index (χ0n) is 17.0. The van der Waals surface area contributed by atoms with Gasteiger partial charge in [-0.3, -0.25) is 14.5 Å². The van der Waals surface area contributed by atoms with Crippen LogP contribution in [0.4, 0.5) is 10.5 Å². The van der Waals surface area contributed by atoms with Gasteiger partial charge in [0.15, 0.2) is 11.5 Å². The highest BCUT2D eigenvalue weighted by molar-refractivity contribution is 5.93. The maximum Gasteiger partial charge on any atom is 0.322 e. The predicted molar refractivity (Wildman–Crippen MR) is 108 cm³/mol. The van der Waals surface area contributed by atoms with Crippen molar-refractivity contribution in [1.82, 2.24) is 24.5 Å². The molecule has 2 aromatic heterocycles. The SMILES string of the molecule is CC(C)N1CCN(C2CCN(C(=O)Nc3cn(C)nc3-c3ccco3)C2)CC1. The lowest BCUT2D eigenvalue weighted by molar-refractivity contribution is 0.0812. The van der Waals surface area contributed by atoms with Gasteiger partial charge >= 0.3 is 6.03 Å². The molecule has 0 aliphatic carbocycles. The Labute approximate surface area is 166 Å². The lowest BCUT2D eigenvalue weighted by atomic mass is 10.1. The number of amides is 2. The van der Waals surface area contributed by atoms with Crippen molar-refractivity contribution in [3.05, 3.63) is 24.6 Å². The van der Waals surface area contributed by atoms with Crippen LogP contribution in [0.25, 0.3) is 11.5 Å². The van der Waals surface area contributed by atoms with Crippen LogP contribution in [0.1, 0.15) is 20.3 Å². The van der Waals surface area contributed by atoms with Gasteiger partial charge in [-0.25, -0.2) is 4.79 Å². The molecule has 152 valence electrons. The molecule has 4 heterocycles. The monoisotopic (exact) mass is 386 g/mol. The van der Waals surface area contributed by atoms with Crippen molar-refractivity contribution in [2.75, 3.05) is 44.6 Å². The summed E-state index contributed by atoms with van der Waals surface area (Å²) in [5.41, 5.74) is 1.33. The van der Waals surface area contributed by atoms with Gasteiger partial charge in [0, 0.05) is 64.6 Å². The molecule has 1 atom stereocenters. The average molecular weight is 387 g/mol. The van der Waals surface area contributed by atoms with Crippen molar-refractivity contribution in [3.63, 3.8) is 0 Å². The number of nitrogens with one attached hydrogen (secondary N) is 1. The second-order valence-corrected chi connectivity index (χ2v) is 8.03. The minimum atomic E-state index is -0.0656. The summed E-state index contributed by atoms with van der Waals surface area (Å²) in [7, 11) is 1.84. The molecule has 1 unspecified atom stereocenters. The van der Waals surface area contributed by atoms with Crippen LogP contribution in [-0.2, 0) is 7.05 Å². The normalized spacial score (nSPS) is 21.6. The van der Waals surface area contributed by atoms with Crippen LogP contribution in [-0.4, -0.2) is 81.9 Å². The molecule has 8 heteroatoms. The first-order valence-electron chi connectivity index (χ1n) is 10.1. The number of likely N-dealkylation sites (tertiary alicyclic amines) is 1. The fraction of sp³-hybridized carbons (Fsp3) is 0.600. The van der Waals surface area contributed by atoms with Crippen molar-refractivity contribution in [2.24, 2.45) is 7.05 Å². The highest BCUT2D eigenvalue weighted by Crippen LogP contribution is 2.27. The van der Waals surface area contributed by atoms with E-state index in [0.717, 1.165) is 45.7 Å². The number of carbonyl (C=O) groups is 1. The standard InChI is InChI=1S/C20H30N6O2/c1-15(2)24-8-10-25(11-9-24)16-6-7-26(13-16)20(27)21-17-14-23(3)22-19(17)18-5-4-12-28-18/h4-5,12,14-16H,6-11,13H2,1-3H3,(H,21,27). The molecule has 2 aliphatic heterocycles. The van der Waals surface area contributed by atoms with Crippen LogP contribution in [0.3, 0.4) is 0 Å².